The van der Waals surface area contributed by atoms with Gasteiger partial charge in [0.05, 0.1) is 28.7 Å². The summed E-state index contributed by atoms with van der Waals surface area (Å²) in [4.78, 5) is 29.6. The van der Waals surface area contributed by atoms with E-state index in [1.54, 1.807) is 37.3 Å². The fourth-order valence-corrected chi connectivity index (χ4v) is 4.03. The molecule has 0 bridgehead atoms. The Morgan fingerprint density at radius 1 is 1.10 bits per heavy atom. The van der Waals surface area contributed by atoms with E-state index in [2.05, 4.69) is 4.99 Å². The summed E-state index contributed by atoms with van der Waals surface area (Å²) in [5.41, 5.74) is 0.742. The van der Waals surface area contributed by atoms with Crippen LogP contribution in [0.15, 0.2) is 69.8 Å². The molecule has 0 aromatic heterocycles. The summed E-state index contributed by atoms with van der Waals surface area (Å²) in [6.07, 6.45) is 1.67. The number of hydrogen-bond donors (Lipinski definition) is 1. The number of aliphatic hydroxyl groups excluding tert-OH is 1. The van der Waals surface area contributed by atoms with Crippen molar-refractivity contribution in [2.75, 3.05) is 13.2 Å². The topological polar surface area (TPSA) is 85.2 Å². The molecular formula is C23H20ClNO5S. The number of carbonyl (C=O) groups is 2. The molecule has 160 valence electrons. The second-order valence-corrected chi connectivity index (χ2v) is 7.67. The van der Waals surface area contributed by atoms with Crippen LogP contribution in [0.25, 0.3) is 6.08 Å². The predicted molar refractivity (Wildman–Crippen MR) is 123 cm³/mol. The molecule has 0 radical (unpaired) electrons. The van der Waals surface area contributed by atoms with Gasteiger partial charge in [-0.2, -0.15) is 0 Å². The van der Waals surface area contributed by atoms with Crippen molar-refractivity contribution in [1.29, 1.82) is 0 Å². The van der Waals surface area contributed by atoms with Gasteiger partial charge in [0, 0.05) is 5.56 Å². The molecule has 2 aromatic rings. The molecule has 0 saturated heterocycles. The smallest absolute Gasteiger partial charge is 0.344 e. The molecular weight excluding hydrogens is 438 g/mol. The first-order valence-electron chi connectivity index (χ1n) is 9.56. The molecule has 0 spiro atoms. The minimum absolute atomic E-state index is 0.0426. The molecule has 3 rings (SSSR count). The lowest BCUT2D eigenvalue weighted by Crippen LogP contribution is -2.14. The predicted octanol–water partition coefficient (Wildman–Crippen LogP) is 5.44. The first kappa shape index (κ1) is 22.7. The standard InChI is InChI=1S/C23H20ClNO5S/c1-3-29-17-12-8-5-9-14(17)13-18-20(26)19(23(28)30-4-2)22(31-18)25-21(27)15-10-6-7-11-16(15)24/h5-13,26H,3-4H2,1-2H3/b18-13-,25-22?. The number of benzene rings is 2. The van der Waals surface area contributed by atoms with Crippen molar-refractivity contribution >= 4 is 46.4 Å². The minimum Gasteiger partial charge on any atom is -0.506 e. The summed E-state index contributed by atoms with van der Waals surface area (Å²) in [7, 11) is 0. The zero-order valence-corrected chi connectivity index (χ0v) is 18.5. The first-order valence-corrected chi connectivity index (χ1v) is 10.8. The van der Waals surface area contributed by atoms with Gasteiger partial charge in [0.1, 0.15) is 22.1 Å². The van der Waals surface area contributed by atoms with E-state index < -0.39 is 11.9 Å². The molecule has 1 aliphatic heterocycles. The number of hydrogen-bond acceptors (Lipinski definition) is 6. The van der Waals surface area contributed by atoms with Crippen LogP contribution in [-0.2, 0) is 9.53 Å². The number of aliphatic hydroxyl groups is 1. The van der Waals surface area contributed by atoms with Gasteiger partial charge in [-0.05, 0) is 38.1 Å². The van der Waals surface area contributed by atoms with E-state index in [4.69, 9.17) is 21.1 Å². The third kappa shape index (κ3) is 5.18. The molecule has 0 fully saturated rings. The van der Waals surface area contributed by atoms with Gasteiger partial charge in [0.25, 0.3) is 5.91 Å². The summed E-state index contributed by atoms with van der Waals surface area (Å²) < 4.78 is 10.7. The lowest BCUT2D eigenvalue weighted by atomic mass is 10.1. The largest absolute Gasteiger partial charge is 0.506 e. The summed E-state index contributed by atoms with van der Waals surface area (Å²) in [5, 5.41) is 11.1. The number of para-hydroxylation sites is 1. The molecule has 0 unspecified atom stereocenters. The Labute approximate surface area is 189 Å². The van der Waals surface area contributed by atoms with Crippen LogP contribution < -0.4 is 4.74 Å². The third-order valence-electron chi connectivity index (χ3n) is 4.18. The summed E-state index contributed by atoms with van der Waals surface area (Å²) in [6.45, 7) is 4.11. The molecule has 31 heavy (non-hydrogen) atoms. The van der Waals surface area contributed by atoms with E-state index in [1.807, 2.05) is 25.1 Å². The fourth-order valence-electron chi connectivity index (χ4n) is 2.81. The van der Waals surface area contributed by atoms with Crippen molar-refractivity contribution in [2.24, 2.45) is 4.99 Å². The van der Waals surface area contributed by atoms with E-state index >= 15 is 0 Å². The average molecular weight is 458 g/mol. The van der Waals surface area contributed by atoms with Crippen molar-refractivity contribution in [3.8, 4) is 5.75 Å². The molecule has 1 heterocycles. The normalized spacial score (nSPS) is 16.1. The molecule has 1 aliphatic rings. The van der Waals surface area contributed by atoms with Gasteiger partial charge in [-0.3, -0.25) is 4.79 Å². The van der Waals surface area contributed by atoms with Crippen molar-refractivity contribution in [2.45, 2.75) is 13.8 Å². The second kappa shape index (κ2) is 10.3. The molecule has 0 aliphatic carbocycles. The van der Waals surface area contributed by atoms with Gasteiger partial charge in [0.2, 0.25) is 0 Å². The van der Waals surface area contributed by atoms with Crippen LogP contribution in [0.5, 0.6) is 5.75 Å². The number of rotatable bonds is 6. The Morgan fingerprint density at radius 2 is 1.81 bits per heavy atom. The number of aliphatic imine (C=N–C) groups is 1. The van der Waals surface area contributed by atoms with Crippen LogP contribution in [0.1, 0.15) is 29.8 Å². The van der Waals surface area contributed by atoms with Gasteiger partial charge in [-0.1, -0.05) is 53.7 Å². The number of ether oxygens (including phenoxy) is 2. The molecule has 1 N–H and O–H groups in total. The molecule has 8 heteroatoms. The van der Waals surface area contributed by atoms with Crippen molar-refractivity contribution < 1.29 is 24.2 Å². The Bertz CT molecular complexity index is 1110. The number of thioether (sulfide) groups is 1. The van der Waals surface area contributed by atoms with Gasteiger partial charge < -0.3 is 14.6 Å². The second-order valence-electron chi connectivity index (χ2n) is 6.23. The van der Waals surface area contributed by atoms with E-state index in [0.717, 1.165) is 11.8 Å². The van der Waals surface area contributed by atoms with Crippen LogP contribution in [0.4, 0.5) is 0 Å². The molecule has 6 nitrogen and oxygen atoms in total. The Morgan fingerprint density at radius 3 is 2.52 bits per heavy atom. The highest BCUT2D eigenvalue weighted by molar-refractivity contribution is 8.18. The van der Waals surface area contributed by atoms with Gasteiger partial charge in [-0.25, -0.2) is 9.79 Å². The van der Waals surface area contributed by atoms with Crippen LogP contribution in [-0.4, -0.2) is 35.2 Å². The van der Waals surface area contributed by atoms with Gasteiger partial charge >= 0.3 is 5.97 Å². The maximum absolute atomic E-state index is 12.7. The van der Waals surface area contributed by atoms with E-state index in [-0.39, 0.29) is 33.6 Å². The molecule has 0 atom stereocenters. The number of amides is 1. The highest BCUT2D eigenvalue weighted by Crippen LogP contribution is 2.40. The van der Waals surface area contributed by atoms with Crippen molar-refractivity contribution in [1.82, 2.24) is 0 Å². The highest BCUT2D eigenvalue weighted by Gasteiger charge is 2.34. The number of halogens is 1. The third-order valence-corrected chi connectivity index (χ3v) is 5.53. The number of nitrogens with zero attached hydrogens (tertiary/aromatic N) is 1. The van der Waals surface area contributed by atoms with Gasteiger partial charge in [-0.15, -0.1) is 0 Å². The zero-order valence-electron chi connectivity index (χ0n) is 16.9. The lowest BCUT2D eigenvalue weighted by molar-refractivity contribution is -0.138. The van der Waals surface area contributed by atoms with Crippen LogP contribution in [0.2, 0.25) is 5.02 Å². The molecule has 2 aromatic carbocycles. The van der Waals surface area contributed by atoms with Crippen molar-refractivity contribution in [3.05, 3.63) is 80.9 Å². The maximum atomic E-state index is 12.7. The van der Waals surface area contributed by atoms with Crippen LogP contribution in [0, 0.1) is 0 Å². The lowest BCUT2D eigenvalue weighted by Gasteiger charge is -2.07. The van der Waals surface area contributed by atoms with E-state index in [0.29, 0.717) is 22.8 Å². The summed E-state index contributed by atoms with van der Waals surface area (Å²) >= 11 is 7.09. The molecule has 0 saturated carbocycles. The first-order chi connectivity index (χ1) is 15.0. The maximum Gasteiger partial charge on any atom is 0.344 e. The van der Waals surface area contributed by atoms with Crippen LogP contribution in [0.3, 0.4) is 0 Å². The fraction of sp³-hybridized carbons (Fsp3) is 0.174. The summed E-state index contributed by atoms with van der Waals surface area (Å²) in [6, 6.07) is 13.8. The molecule has 1 amide bonds. The monoisotopic (exact) mass is 457 g/mol. The van der Waals surface area contributed by atoms with Crippen molar-refractivity contribution in [3.63, 3.8) is 0 Å². The minimum atomic E-state index is -0.764. The number of carbonyl (C=O) groups excluding carboxylic acids is 2. The van der Waals surface area contributed by atoms with Gasteiger partial charge in [0.15, 0.2) is 0 Å². The quantitative estimate of drug-likeness (QED) is 0.581. The highest BCUT2D eigenvalue weighted by atomic mass is 35.5. The Hall–Kier alpha value is -3.03. The number of esters is 1. The zero-order chi connectivity index (χ0) is 22.4. The Kier molecular flexibility index (Phi) is 7.55. The van der Waals surface area contributed by atoms with E-state index in [1.165, 1.54) is 6.07 Å². The Balaban J connectivity index is 2.05. The van der Waals surface area contributed by atoms with E-state index in [9.17, 15) is 14.7 Å². The van der Waals surface area contributed by atoms with Crippen LogP contribution >= 0.6 is 23.4 Å². The SMILES string of the molecule is CCOC(=O)C1=C(O)/C(=C/c2ccccc2OCC)SC1=NC(=O)c1ccccc1Cl. The summed E-state index contributed by atoms with van der Waals surface area (Å²) in [5.74, 6) is -1.07. The average Bonchev–Trinajstić information content (AvgIpc) is 3.04.